The molecule has 0 bridgehead atoms. The number of carbonyl (C=O) groups excluding carboxylic acids is 1. The molecule has 0 aliphatic carbocycles. The molecule has 4 rings (SSSR count). The van der Waals surface area contributed by atoms with Gasteiger partial charge in [0, 0.05) is 5.39 Å². The molecule has 1 N–H and O–H groups in total. The zero-order valence-electron chi connectivity index (χ0n) is 16.4. The normalized spacial score (nSPS) is 10.8. The Kier molecular flexibility index (Phi) is 5.63. The van der Waals surface area contributed by atoms with Crippen LogP contribution >= 0.6 is 0 Å². The lowest BCUT2D eigenvalue weighted by Gasteiger charge is -2.10. The molecule has 0 unspecified atom stereocenters. The molecule has 0 fully saturated rings. The van der Waals surface area contributed by atoms with Crippen LogP contribution in [0.15, 0.2) is 88.8 Å². The number of hydrazone groups is 1. The van der Waals surface area contributed by atoms with Gasteiger partial charge in [-0.25, -0.2) is 10.1 Å². The second-order valence-corrected chi connectivity index (χ2v) is 6.78. The van der Waals surface area contributed by atoms with Gasteiger partial charge in [0.25, 0.3) is 11.5 Å². The number of benzene rings is 3. The van der Waals surface area contributed by atoms with Crippen LogP contribution < -0.4 is 11.0 Å². The predicted molar refractivity (Wildman–Crippen MR) is 118 cm³/mol. The third-order valence-electron chi connectivity index (χ3n) is 4.68. The maximum Gasteiger partial charge on any atom is 0.292 e. The van der Waals surface area contributed by atoms with Crippen molar-refractivity contribution in [1.29, 1.82) is 5.26 Å². The van der Waals surface area contributed by atoms with E-state index in [9.17, 15) is 9.59 Å². The topological polar surface area (TPSA) is 100 Å². The molecule has 0 saturated carbocycles. The number of rotatable bonds is 5. The van der Waals surface area contributed by atoms with E-state index in [1.54, 1.807) is 48.5 Å². The average molecular weight is 407 g/mol. The number of nitriles is 1. The highest BCUT2D eigenvalue weighted by molar-refractivity contribution is 6.04. The van der Waals surface area contributed by atoms with Gasteiger partial charge in [-0.2, -0.15) is 15.5 Å². The van der Waals surface area contributed by atoms with Crippen molar-refractivity contribution in [2.45, 2.75) is 6.54 Å². The maximum atomic E-state index is 12.9. The number of nitrogens with one attached hydrogen (secondary N) is 1. The smallest absolute Gasteiger partial charge is 0.267 e. The van der Waals surface area contributed by atoms with Gasteiger partial charge in [0.15, 0.2) is 5.69 Å². The van der Waals surface area contributed by atoms with Gasteiger partial charge in [-0.1, -0.05) is 60.7 Å². The fraction of sp³-hybridized carbons (Fsp3) is 0.0417. The van der Waals surface area contributed by atoms with E-state index in [1.807, 2.05) is 36.4 Å². The first kappa shape index (κ1) is 19.7. The molecule has 0 aliphatic rings. The summed E-state index contributed by atoms with van der Waals surface area (Å²) in [6.07, 6.45) is 1.47. The first-order valence-corrected chi connectivity index (χ1v) is 9.53. The van der Waals surface area contributed by atoms with Crippen molar-refractivity contribution < 1.29 is 4.79 Å². The summed E-state index contributed by atoms with van der Waals surface area (Å²) in [6, 6.07) is 25.1. The van der Waals surface area contributed by atoms with Crippen LogP contribution in [0.25, 0.3) is 10.8 Å². The van der Waals surface area contributed by atoms with Crippen LogP contribution in [0.3, 0.4) is 0 Å². The third kappa shape index (κ3) is 4.38. The molecule has 0 spiro atoms. The molecule has 1 amide bonds. The molecule has 0 aliphatic heterocycles. The summed E-state index contributed by atoms with van der Waals surface area (Å²) in [7, 11) is 0. The zero-order valence-corrected chi connectivity index (χ0v) is 16.4. The van der Waals surface area contributed by atoms with Crippen LogP contribution in [0.4, 0.5) is 0 Å². The summed E-state index contributed by atoms with van der Waals surface area (Å²) < 4.78 is 1.29. The number of amides is 1. The van der Waals surface area contributed by atoms with Gasteiger partial charge >= 0.3 is 0 Å². The van der Waals surface area contributed by atoms with Crippen LogP contribution in [0.1, 0.15) is 27.2 Å². The van der Waals surface area contributed by atoms with Crippen molar-refractivity contribution in [2.75, 3.05) is 0 Å². The Morgan fingerprint density at radius 2 is 1.68 bits per heavy atom. The average Bonchev–Trinajstić information content (AvgIpc) is 2.82. The third-order valence-corrected chi connectivity index (χ3v) is 4.68. The van der Waals surface area contributed by atoms with E-state index >= 15 is 0 Å². The van der Waals surface area contributed by atoms with Crippen molar-refractivity contribution >= 4 is 22.9 Å². The number of nitrogens with zero attached hydrogens (tertiary/aromatic N) is 4. The molecule has 7 nitrogen and oxygen atoms in total. The van der Waals surface area contributed by atoms with Crippen molar-refractivity contribution in [1.82, 2.24) is 15.2 Å². The molecule has 31 heavy (non-hydrogen) atoms. The summed E-state index contributed by atoms with van der Waals surface area (Å²) >= 11 is 0. The molecule has 1 heterocycles. The second-order valence-electron chi connectivity index (χ2n) is 6.78. The van der Waals surface area contributed by atoms with E-state index in [-0.39, 0.29) is 17.8 Å². The summed E-state index contributed by atoms with van der Waals surface area (Å²) in [5.41, 5.74) is 4.48. The summed E-state index contributed by atoms with van der Waals surface area (Å²) in [6.45, 7) is 0.249. The quantitative estimate of drug-likeness (QED) is 0.406. The Bertz CT molecular complexity index is 1370. The Balaban J connectivity index is 1.64. The van der Waals surface area contributed by atoms with Crippen molar-refractivity contribution in [3.8, 4) is 6.07 Å². The van der Waals surface area contributed by atoms with E-state index in [4.69, 9.17) is 5.26 Å². The lowest BCUT2D eigenvalue weighted by Crippen LogP contribution is -2.29. The number of hydrogen-bond donors (Lipinski definition) is 1. The highest BCUT2D eigenvalue weighted by atomic mass is 16.2. The molecule has 3 aromatic carbocycles. The van der Waals surface area contributed by atoms with E-state index in [2.05, 4.69) is 15.6 Å². The molecule has 1 aromatic heterocycles. The predicted octanol–water partition coefficient (Wildman–Crippen LogP) is 3.08. The molecule has 0 radical (unpaired) electrons. The minimum Gasteiger partial charge on any atom is -0.267 e. The van der Waals surface area contributed by atoms with E-state index in [1.165, 1.54) is 10.9 Å². The van der Waals surface area contributed by atoms with Gasteiger partial charge in [0.1, 0.15) is 0 Å². The monoisotopic (exact) mass is 407 g/mol. The standard InChI is InChI=1S/C24H17N5O2/c25-14-17-10-12-18(13-11-17)15-26-27-23(30)22-20-8-4-5-9-21(20)24(31)29(28-22)16-19-6-2-1-3-7-19/h1-13,15H,16H2,(H,27,30)/b26-15-. The molecule has 150 valence electrons. The second kappa shape index (κ2) is 8.84. The maximum absolute atomic E-state index is 12.9. The number of aromatic nitrogens is 2. The Morgan fingerprint density at radius 3 is 2.39 bits per heavy atom. The van der Waals surface area contributed by atoms with Gasteiger partial charge in [0.2, 0.25) is 0 Å². The molecule has 4 aromatic rings. The van der Waals surface area contributed by atoms with E-state index in [0.717, 1.165) is 11.1 Å². The van der Waals surface area contributed by atoms with E-state index < -0.39 is 5.91 Å². The minimum atomic E-state index is -0.525. The Hall–Kier alpha value is -4.57. The lowest BCUT2D eigenvalue weighted by molar-refractivity contribution is 0.0949. The Morgan fingerprint density at radius 1 is 1.00 bits per heavy atom. The highest BCUT2D eigenvalue weighted by Gasteiger charge is 2.16. The molecular weight excluding hydrogens is 390 g/mol. The van der Waals surface area contributed by atoms with Crippen LogP contribution in [0.5, 0.6) is 0 Å². The van der Waals surface area contributed by atoms with E-state index in [0.29, 0.717) is 16.3 Å². The fourth-order valence-corrected chi connectivity index (χ4v) is 3.13. The molecule has 7 heteroatoms. The number of carbonyl (C=O) groups is 1. The minimum absolute atomic E-state index is 0.114. The van der Waals surface area contributed by atoms with Gasteiger partial charge in [-0.3, -0.25) is 9.59 Å². The van der Waals surface area contributed by atoms with Crippen LogP contribution in [0, 0.1) is 11.3 Å². The van der Waals surface area contributed by atoms with Crippen molar-refractivity contribution in [2.24, 2.45) is 5.10 Å². The SMILES string of the molecule is N#Cc1ccc(/C=N\NC(=O)c2nn(Cc3ccccc3)c(=O)c3ccccc23)cc1. The highest BCUT2D eigenvalue weighted by Crippen LogP contribution is 2.14. The van der Waals surface area contributed by atoms with Gasteiger partial charge in [-0.15, -0.1) is 0 Å². The lowest BCUT2D eigenvalue weighted by atomic mass is 10.1. The summed E-state index contributed by atoms with van der Waals surface area (Å²) in [4.78, 5) is 25.7. The fourth-order valence-electron chi connectivity index (χ4n) is 3.13. The van der Waals surface area contributed by atoms with Crippen LogP contribution in [-0.4, -0.2) is 21.9 Å². The summed E-state index contributed by atoms with van der Waals surface area (Å²) in [5.74, 6) is -0.525. The van der Waals surface area contributed by atoms with Crippen molar-refractivity contribution in [3.63, 3.8) is 0 Å². The molecule has 0 atom stereocenters. The Labute approximate surface area is 177 Å². The largest absolute Gasteiger partial charge is 0.292 e. The first-order valence-electron chi connectivity index (χ1n) is 9.53. The number of fused-ring (bicyclic) bond motifs is 1. The van der Waals surface area contributed by atoms with Crippen LogP contribution in [-0.2, 0) is 6.54 Å². The molecule has 0 saturated heterocycles. The summed E-state index contributed by atoms with van der Waals surface area (Å²) in [5, 5.41) is 18.0. The van der Waals surface area contributed by atoms with Gasteiger partial charge in [-0.05, 0) is 29.3 Å². The van der Waals surface area contributed by atoms with Gasteiger partial charge < -0.3 is 0 Å². The number of hydrogen-bond acceptors (Lipinski definition) is 5. The first-order chi connectivity index (χ1) is 15.2. The van der Waals surface area contributed by atoms with Crippen LogP contribution in [0.2, 0.25) is 0 Å². The molecular formula is C24H17N5O2. The van der Waals surface area contributed by atoms with Gasteiger partial charge in [0.05, 0.1) is 29.8 Å². The van der Waals surface area contributed by atoms with Crippen molar-refractivity contribution in [3.05, 3.63) is 112 Å². The zero-order chi connectivity index (χ0) is 21.6.